The van der Waals surface area contributed by atoms with E-state index in [0.717, 1.165) is 0 Å². The molecule has 33 heavy (non-hydrogen) atoms. The van der Waals surface area contributed by atoms with E-state index in [-0.39, 0.29) is 12.5 Å². The summed E-state index contributed by atoms with van der Waals surface area (Å²) in [6.07, 6.45) is -0.615. The lowest BCUT2D eigenvalue weighted by Crippen LogP contribution is -2.17. The van der Waals surface area contributed by atoms with Crippen molar-refractivity contribution < 1.29 is 28.6 Å². The minimum Gasteiger partial charge on any atom is -0.457 e. The van der Waals surface area contributed by atoms with E-state index in [2.05, 4.69) is 10.6 Å². The van der Waals surface area contributed by atoms with E-state index in [9.17, 15) is 14.4 Å². The van der Waals surface area contributed by atoms with E-state index < -0.39 is 12.0 Å². The monoisotopic (exact) mass is 449 g/mol. The summed E-state index contributed by atoms with van der Waals surface area (Å²) in [7, 11) is 1.51. The molecule has 0 saturated carbocycles. The number of carbonyl (C=O) groups is 3. The zero-order valence-electron chi connectivity index (χ0n) is 17.9. The van der Waals surface area contributed by atoms with Gasteiger partial charge in [0.15, 0.2) is 0 Å². The second-order valence-electron chi connectivity index (χ2n) is 6.80. The predicted octanol–water partition coefficient (Wildman–Crippen LogP) is 4.03. The standard InChI is InChI=1S/C24H23N3O6/c1-31-13-14-32-24(30)27-19-4-2-3-18(15-19)26-23(29)17-7-11-21(12-8-17)33-20-9-5-16(6-10-20)22(25)28/h2-12,15H,13-14H2,1H3,(H2,25,28)(H,26,29)(H,27,30). The lowest BCUT2D eigenvalue weighted by atomic mass is 10.2. The first kappa shape index (κ1) is 23.3. The molecule has 0 atom stereocenters. The molecule has 0 unspecified atom stereocenters. The number of carbonyl (C=O) groups excluding carboxylic acids is 3. The molecule has 0 fully saturated rings. The molecule has 0 aliphatic heterocycles. The number of nitrogens with one attached hydrogen (secondary N) is 2. The first-order chi connectivity index (χ1) is 15.9. The lowest BCUT2D eigenvalue weighted by Gasteiger charge is -2.10. The maximum absolute atomic E-state index is 12.6. The summed E-state index contributed by atoms with van der Waals surface area (Å²) in [5.74, 6) is 0.214. The minimum atomic E-state index is -0.615. The van der Waals surface area contributed by atoms with Gasteiger partial charge in [0, 0.05) is 29.6 Å². The van der Waals surface area contributed by atoms with Crippen molar-refractivity contribution in [1.82, 2.24) is 0 Å². The first-order valence-corrected chi connectivity index (χ1v) is 9.96. The smallest absolute Gasteiger partial charge is 0.411 e. The fraction of sp³-hybridized carbons (Fsp3) is 0.125. The second-order valence-corrected chi connectivity index (χ2v) is 6.80. The third-order valence-corrected chi connectivity index (χ3v) is 4.38. The van der Waals surface area contributed by atoms with Crippen LogP contribution in [0.4, 0.5) is 16.2 Å². The van der Waals surface area contributed by atoms with Crippen LogP contribution in [0.3, 0.4) is 0 Å². The van der Waals surface area contributed by atoms with Crippen LogP contribution in [0.1, 0.15) is 20.7 Å². The number of hydrogen-bond donors (Lipinski definition) is 3. The van der Waals surface area contributed by atoms with E-state index in [1.165, 1.54) is 7.11 Å². The van der Waals surface area contributed by atoms with Crippen molar-refractivity contribution >= 4 is 29.3 Å². The number of benzene rings is 3. The number of ether oxygens (including phenoxy) is 3. The molecule has 0 saturated heterocycles. The fourth-order valence-electron chi connectivity index (χ4n) is 2.75. The van der Waals surface area contributed by atoms with Crippen molar-refractivity contribution in [3.63, 3.8) is 0 Å². The molecular weight excluding hydrogens is 426 g/mol. The van der Waals surface area contributed by atoms with Gasteiger partial charge in [-0.1, -0.05) is 6.07 Å². The summed E-state index contributed by atoms with van der Waals surface area (Å²) in [5.41, 5.74) is 7.01. The van der Waals surface area contributed by atoms with Crippen LogP contribution >= 0.6 is 0 Å². The van der Waals surface area contributed by atoms with Crippen molar-refractivity contribution in [2.24, 2.45) is 5.73 Å². The topological polar surface area (TPSA) is 129 Å². The Morgan fingerprint density at radius 2 is 1.36 bits per heavy atom. The van der Waals surface area contributed by atoms with Gasteiger partial charge >= 0.3 is 6.09 Å². The number of amides is 3. The van der Waals surface area contributed by atoms with Gasteiger partial charge in [-0.3, -0.25) is 14.9 Å². The van der Waals surface area contributed by atoms with E-state index >= 15 is 0 Å². The highest BCUT2D eigenvalue weighted by Crippen LogP contribution is 2.23. The van der Waals surface area contributed by atoms with Crippen molar-refractivity contribution in [1.29, 1.82) is 0 Å². The molecule has 0 aliphatic carbocycles. The van der Waals surface area contributed by atoms with Gasteiger partial charge in [0.1, 0.15) is 18.1 Å². The van der Waals surface area contributed by atoms with Gasteiger partial charge in [-0.05, 0) is 66.7 Å². The molecule has 3 amide bonds. The molecule has 9 nitrogen and oxygen atoms in total. The molecule has 0 aliphatic rings. The van der Waals surface area contributed by atoms with Crippen molar-refractivity contribution in [3.05, 3.63) is 83.9 Å². The Labute approximate surface area is 190 Å². The van der Waals surface area contributed by atoms with Gasteiger partial charge in [0.2, 0.25) is 5.91 Å². The second kappa shape index (κ2) is 11.3. The molecule has 170 valence electrons. The fourth-order valence-corrected chi connectivity index (χ4v) is 2.75. The largest absolute Gasteiger partial charge is 0.457 e. The molecule has 0 radical (unpaired) electrons. The Morgan fingerprint density at radius 1 is 0.788 bits per heavy atom. The molecule has 9 heteroatoms. The van der Waals surface area contributed by atoms with Crippen molar-refractivity contribution in [3.8, 4) is 11.5 Å². The van der Waals surface area contributed by atoms with Gasteiger partial charge in [0.25, 0.3) is 5.91 Å². The zero-order valence-corrected chi connectivity index (χ0v) is 17.9. The molecule has 4 N–H and O–H groups in total. The molecule has 3 aromatic rings. The SMILES string of the molecule is COCCOC(=O)Nc1cccc(NC(=O)c2ccc(Oc3ccc(C(N)=O)cc3)cc2)c1. The van der Waals surface area contributed by atoms with E-state index in [0.29, 0.717) is 40.6 Å². The van der Waals surface area contributed by atoms with Crippen LogP contribution in [0.25, 0.3) is 0 Å². The molecule has 3 rings (SSSR count). The van der Waals surface area contributed by atoms with Crippen LogP contribution < -0.4 is 21.1 Å². The van der Waals surface area contributed by atoms with Crippen molar-refractivity contribution in [2.75, 3.05) is 31.0 Å². The Morgan fingerprint density at radius 3 is 1.94 bits per heavy atom. The summed E-state index contributed by atoms with van der Waals surface area (Å²) in [6, 6.07) is 19.7. The van der Waals surface area contributed by atoms with Crippen molar-refractivity contribution in [2.45, 2.75) is 0 Å². The Kier molecular flexibility index (Phi) is 7.98. The summed E-state index contributed by atoms with van der Waals surface area (Å²) in [5, 5.41) is 5.36. The number of methoxy groups -OCH3 is 1. The molecule has 0 bridgehead atoms. The third kappa shape index (κ3) is 7.08. The van der Waals surface area contributed by atoms with E-state index in [1.54, 1.807) is 72.8 Å². The number of rotatable bonds is 9. The maximum Gasteiger partial charge on any atom is 0.411 e. The molecule has 0 heterocycles. The molecular formula is C24H23N3O6. The van der Waals surface area contributed by atoms with Gasteiger partial charge < -0.3 is 25.3 Å². The predicted molar refractivity (Wildman–Crippen MR) is 123 cm³/mol. The number of hydrogen-bond acceptors (Lipinski definition) is 6. The van der Waals surface area contributed by atoms with Crippen LogP contribution in [0.15, 0.2) is 72.8 Å². The number of anilines is 2. The first-order valence-electron chi connectivity index (χ1n) is 9.96. The highest BCUT2D eigenvalue weighted by Gasteiger charge is 2.09. The Hall–Kier alpha value is -4.37. The van der Waals surface area contributed by atoms with Crippen LogP contribution in [-0.4, -0.2) is 38.2 Å². The number of nitrogens with two attached hydrogens (primary N) is 1. The Balaban J connectivity index is 1.57. The van der Waals surface area contributed by atoms with Gasteiger partial charge in [0.05, 0.1) is 6.61 Å². The van der Waals surface area contributed by atoms with E-state index in [4.69, 9.17) is 19.9 Å². The number of primary amides is 1. The summed E-state index contributed by atoms with van der Waals surface area (Å²) >= 11 is 0. The highest BCUT2D eigenvalue weighted by atomic mass is 16.6. The lowest BCUT2D eigenvalue weighted by molar-refractivity contribution is 0.0997. The highest BCUT2D eigenvalue weighted by molar-refractivity contribution is 6.04. The summed E-state index contributed by atoms with van der Waals surface area (Å²) < 4.78 is 15.5. The third-order valence-electron chi connectivity index (χ3n) is 4.38. The molecule has 3 aromatic carbocycles. The van der Waals surface area contributed by atoms with Crippen LogP contribution in [0.2, 0.25) is 0 Å². The average molecular weight is 449 g/mol. The summed E-state index contributed by atoms with van der Waals surface area (Å²) in [4.78, 5) is 35.4. The average Bonchev–Trinajstić information content (AvgIpc) is 2.80. The maximum atomic E-state index is 12.6. The van der Waals surface area contributed by atoms with Gasteiger partial charge in [-0.25, -0.2) is 4.79 Å². The van der Waals surface area contributed by atoms with Gasteiger partial charge in [-0.15, -0.1) is 0 Å². The molecule has 0 spiro atoms. The normalized spacial score (nSPS) is 10.2. The Bertz CT molecular complexity index is 1110. The zero-order chi connectivity index (χ0) is 23.6. The van der Waals surface area contributed by atoms with Crippen LogP contribution in [0, 0.1) is 0 Å². The van der Waals surface area contributed by atoms with Crippen LogP contribution in [0.5, 0.6) is 11.5 Å². The van der Waals surface area contributed by atoms with Gasteiger partial charge in [-0.2, -0.15) is 0 Å². The van der Waals surface area contributed by atoms with E-state index in [1.807, 2.05) is 0 Å². The quantitative estimate of drug-likeness (QED) is 0.423. The molecule has 0 aromatic heterocycles. The van der Waals surface area contributed by atoms with Crippen LogP contribution in [-0.2, 0) is 9.47 Å². The minimum absolute atomic E-state index is 0.136. The summed E-state index contributed by atoms with van der Waals surface area (Å²) in [6.45, 7) is 0.437.